The molecule has 0 aromatic heterocycles. The standard InChI is InChI=1S/C18H15P.C8H9ClO2S/c1-4-10-16(11-5-1)19(17-12-6-2-7-13-17)18-14-8-3-9-15-18;1-12(10,11)8-4-2-7(6-9)3-5-8/h1-15H;2-5H,6H2,1H3. The Balaban J connectivity index is 0.000000196. The summed E-state index contributed by atoms with van der Waals surface area (Å²) in [5, 5.41) is 4.19. The first-order valence-electron chi connectivity index (χ1n) is 9.79. The fraction of sp³-hybridized carbons (Fsp3) is 0.0769. The summed E-state index contributed by atoms with van der Waals surface area (Å²) in [6.07, 6.45) is 1.18. The number of hydrogen-bond donors (Lipinski definition) is 0. The van der Waals surface area contributed by atoms with Gasteiger partial charge in [-0.2, -0.15) is 0 Å². The molecule has 0 amide bonds. The van der Waals surface area contributed by atoms with Crippen molar-refractivity contribution in [3.8, 4) is 0 Å². The minimum atomic E-state index is -3.07. The normalized spacial score (nSPS) is 10.9. The molecule has 4 rings (SSSR count). The summed E-state index contributed by atoms with van der Waals surface area (Å²) in [7, 11) is -3.52. The topological polar surface area (TPSA) is 34.1 Å². The van der Waals surface area contributed by atoms with Crippen LogP contribution in [0.25, 0.3) is 0 Å². The molecule has 0 spiro atoms. The van der Waals surface area contributed by atoms with Crippen molar-refractivity contribution in [3.05, 3.63) is 121 Å². The maximum atomic E-state index is 11.0. The molecule has 4 aromatic carbocycles. The van der Waals surface area contributed by atoms with E-state index in [1.807, 2.05) is 0 Å². The Hall–Kier alpha value is -2.45. The second kappa shape index (κ2) is 11.2. The molecular weight excluding hydrogens is 443 g/mol. The summed E-state index contributed by atoms with van der Waals surface area (Å²) in [5.41, 5.74) is 0.920. The molecule has 0 fully saturated rings. The highest BCUT2D eigenvalue weighted by Gasteiger charge is 2.15. The lowest BCUT2D eigenvalue weighted by molar-refractivity contribution is 0.602. The smallest absolute Gasteiger partial charge is 0.175 e. The zero-order valence-corrected chi connectivity index (χ0v) is 19.7. The lowest BCUT2D eigenvalue weighted by Gasteiger charge is -2.18. The lowest BCUT2D eigenvalue weighted by Crippen LogP contribution is -2.20. The van der Waals surface area contributed by atoms with Gasteiger partial charge in [-0.3, -0.25) is 0 Å². The Bertz CT molecular complexity index is 1070. The van der Waals surface area contributed by atoms with E-state index < -0.39 is 17.8 Å². The van der Waals surface area contributed by atoms with Crippen molar-refractivity contribution in [1.29, 1.82) is 0 Å². The zero-order chi connectivity index (χ0) is 22.1. The average Bonchev–Trinajstić information content (AvgIpc) is 2.81. The van der Waals surface area contributed by atoms with E-state index in [1.165, 1.54) is 22.2 Å². The van der Waals surface area contributed by atoms with Gasteiger partial charge in [0.15, 0.2) is 9.84 Å². The van der Waals surface area contributed by atoms with Gasteiger partial charge in [0.2, 0.25) is 0 Å². The van der Waals surface area contributed by atoms with Crippen LogP contribution in [-0.2, 0) is 15.7 Å². The maximum Gasteiger partial charge on any atom is 0.175 e. The van der Waals surface area contributed by atoms with E-state index >= 15 is 0 Å². The van der Waals surface area contributed by atoms with Crippen LogP contribution >= 0.6 is 19.5 Å². The SMILES string of the molecule is CS(=O)(=O)c1ccc(CCl)cc1.c1ccc(P(c2ccccc2)c2ccccc2)cc1. The summed E-state index contributed by atoms with van der Waals surface area (Å²) in [6, 6.07) is 38.9. The number of sulfone groups is 1. The summed E-state index contributed by atoms with van der Waals surface area (Å²) >= 11 is 5.54. The molecule has 4 aromatic rings. The third-order valence-corrected chi connectivity index (χ3v) is 8.43. The first-order valence-corrected chi connectivity index (χ1v) is 13.6. The number of benzene rings is 4. The van der Waals surface area contributed by atoms with Crippen molar-refractivity contribution in [2.75, 3.05) is 6.26 Å². The molecule has 0 bridgehead atoms. The Morgan fingerprint density at radius 1 is 0.613 bits per heavy atom. The Morgan fingerprint density at radius 3 is 1.26 bits per heavy atom. The molecule has 0 N–H and O–H groups in total. The van der Waals surface area contributed by atoms with E-state index in [1.54, 1.807) is 24.3 Å². The van der Waals surface area contributed by atoms with Crippen LogP contribution in [0.15, 0.2) is 120 Å². The van der Waals surface area contributed by atoms with E-state index in [-0.39, 0.29) is 0 Å². The van der Waals surface area contributed by atoms with E-state index in [0.717, 1.165) is 5.56 Å². The molecular formula is C26H24ClO2PS. The van der Waals surface area contributed by atoms with Crippen molar-refractivity contribution < 1.29 is 8.42 Å². The predicted molar refractivity (Wildman–Crippen MR) is 134 cm³/mol. The molecule has 0 aliphatic heterocycles. The maximum absolute atomic E-state index is 11.0. The molecule has 0 saturated heterocycles. The third-order valence-electron chi connectivity index (χ3n) is 4.55. The molecule has 0 radical (unpaired) electrons. The minimum Gasteiger partial charge on any atom is -0.224 e. The molecule has 31 heavy (non-hydrogen) atoms. The van der Waals surface area contributed by atoms with Crippen LogP contribution in [0.3, 0.4) is 0 Å². The highest BCUT2D eigenvalue weighted by molar-refractivity contribution is 7.90. The highest BCUT2D eigenvalue weighted by atomic mass is 35.5. The molecule has 0 saturated carbocycles. The molecule has 0 heterocycles. The Morgan fingerprint density at radius 2 is 0.968 bits per heavy atom. The van der Waals surface area contributed by atoms with Gasteiger partial charge in [-0.25, -0.2) is 8.42 Å². The first-order chi connectivity index (χ1) is 15.0. The molecule has 0 atom stereocenters. The van der Waals surface area contributed by atoms with Crippen LogP contribution in [0.1, 0.15) is 5.56 Å². The highest BCUT2D eigenvalue weighted by Crippen LogP contribution is 2.32. The van der Waals surface area contributed by atoms with Gasteiger partial charge in [0.25, 0.3) is 0 Å². The van der Waals surface area contributed by atoms with Gasteiger partial charge >= 0.3 is 0 Å². The second-order valence-corrected chi connectivity index (χ2v) is 11.4. The van der Waals surface area contributed by atoms with E-state index in [4.69, 9.17) is 11.6 Å². The van der Waals surface area contributed by atoms with Crippen LogP contribution in [0.2, 0.25) is 0 Å². The number of halogens is 1. The quantitative estimate of drug-likeness (QED) is 0.296. The van der Waals surface area contributed by atoms with Gasteiger partial charge in [-0.15, -0.1) is 11.6 Å². The fourth-order valence-electron chi connectivity index (χ4n) is 3.00. The number of alkyl halides is 1. The van der Waals surface area contributed by atoms with Crippen molar-refractivity contribution >= 4 is 45.3 Å². The van der Waals surface area contributed by atoms with Crippen molar-refractivity contribution in [1.82, 2.24) is 0 Å². The number of rotatable bonds is 5. The average molecular weight is 467 g/mol. The zero-order valence-electron chi connectivity index (χ0n) is 17.2. The monoisotopic (exact) mass is 466 g/mol. The van der Waals surface area contributed by atoms with E-state index in [2.05, 4.69) is 91.0 Å². The van der Waals surface area contributed by atoms with Gasteiger partial charge in [0.05, 0.1) is 4.90 Å². The van der Waals surface area contributed by atoms with Crippen LogP contribution in [0.4, 0.5) is 0 Å². The predicted octanol–water partition coefficient (Wildman–Crippen LogP) is 5.27. The lowest BCUT2D eigenvalue weighted by atomic mass is 10.2. The molecule has 0 aliphatic rings. The van der Waals surface area contributed by atoms with E-state index in [9.17, 15) is 8.42 Å². The summed E-state index contributed by atoms with van der Waals surface area (Å²) < 4.78 is 22.0. The van der Waals surface area contributed by atoms with Gasteiger partial charge in [0.1, 0.15) is 0 Å². The van der Waals surface area contributed by atoms with Gasteiger partial charge in [-0.05, 0) is 41.5 Å². The Kier molecular flexibility index (Phi) is 8.43. The summed E-state index contributed by atoms with van der Waals surface area (Å²) in [4.78, 5) is 0.330. The first kappa shape index (κ1) is 23.2. The molecule has 158 valence electrons. The van der Waals surface area contributed by atoms with Gasteiger partial charge in [0, 0.05) is 12.1 Å². The molecule has 5 heteroatoms. The van der Waals surface area contributed by atoms with Crippen molar-refractivity contribution in [3.63, 3.8) is 0 Å². The minimum absolute atomic E-state index is 0.330. The van der Waals surface area contributed by atoms with Crippen LogP contribution in [0.5, 0.6) is 0 Å². The van der Waals surface area contributed by atoms with Crippen LogP contribution in [-0.4, -0.2) is 14.7 Å². The fourth-order valence-corrected chi connectivity index (χ4v) is 6.12. The van der Waals surface area contributed by atoms with Crippen molar-refractivity contribution in [2.24, 2.45) is 0 Å². The van der Waals surface area contributed by atoms with E-state index in [0.29, 0.717) is 10.8 Å². The largest absolute Gasteiger partial charge is 0.224 e. The number of hydrogen-bond acceptors (Lipinski definition) is 2. The second-order valence-electron chi connectivity index (χ2n) is 6.89. The van der Waals surface area contributed by atoms with Gasteiger partial charge in [-0.1, -0.05) is 103 Å². The van der Waals surface area contributed by atoms with Crippen LogP contribution in [0, 0.1) is 0 Å². The summed E-state index contributed by atoms with van der Waals surface area (Å²) in [5.74, 6) is 0.407. The van der Waals surface area contributed by atoms with Crippen LogP contribution < -0.4 is 15.9 Å². The van der Waals surface area contributed by atoms with Crippen molar-refractivity contribution in [2.45, 2.75) is 10.8 Å². The van der Waals surface area contributed by atoms with Gasteiger partial charge < -0.3 is 0 Å². The molecule has 0 unspecified atom stereocenters. The molecule has 2 nitrogen and oxygen atoms in total. The third kappa shape index (κ3) is 6.77. The molecule has 0 aliphatic carbocycles. The summed E-state index contributed by atoms with van der Waals surface area (Å²) in [6.45, 7) is 0. The Labute approximate surface area is 191 Å².